The van der Waals surface area contributed by atoms with Crippen molar-refractivity contribution in [3.05, 3.63) is 63.9 Å². The number of carbonyl (C=O) groups excluding carboxylic acids is 1. The molecule has 0 saturated heterocycles. The van der Waals surface area contributed by atoms with Crippen LogP contribution in [-0.2, 0) is 0 Å². The highest BCUT2D eigenvalue weighted by atomic mass is 79.9. The third-order valence-electron chi connectivity index (χ3n) is 2.96. The summed E-state index contributed by atoms with van der Waals surface area (Å²) in [6, 6.07) is 10.9. The molecule has 0 spiro atoms. The van der Waals surface area contributed by atoms with Crippen LogP contribution in [0.2, 0.25) is 0 Å². The Labute approximate surface area is 120 Å². The lowest BCUT2D eigenvalue weighted by Crippen LogP contribution is -2.12. The molecule has 0 bridgehead atoms. The van der Waals surface area contributed by atoms with Crippen LogP contribution in [0.4, 0.5) is 0 Å². The molecule has 1 unspecified atom stereocenters. The summed E-state index contributed by atoms with van der Waals surface area (Å²) in [5, 5.41) is 9.27. The predicted octanol–water partition coefficient (Wildman–Crippen LogP) is 3.64. The van der Waals surface area contributed by atoms with E-state index in [9.17, 15) is 10.1 Å². The molecule has 1 aromatic carbocycles. The van der Waals surface area contributed by atoms with Gasteiger partial charge in [0.25, 0.3) is 0 Å². The van der Waals surface area contributed by atoms with Crippen molar-refractivity contribution in [2.45, 2.75) is 12.8 Å². The molecule has 0 aliphatic heterocycles. The first-order valence-electron chi connectivity index (χ1n) is 5.74. The molecule has 94 valence electrons. The molecule has 2 aromatic rings. The fraction of sp³-hybridized carbons (Fsp3) is 0.133. The highest BCUT2D eigenvalue weighted by Crippen LogP contribution is 2.25. The summed E-state index contributed by atoms with van der Waals surface area (Å²) >= 11 is 3.40. The van der Waals surface area contributed by atoms with Crippen LogP contribution in [0.25, 0.3) is 0 Å². The summed E-state index contributed by atoms with van der Waals surface area (Å²) in [7, 11) is 0. The Morgan fingerprint density at radius 1 is 1.32 bits per heavy atom. The fourth-order valence-corrected chi connectivity index (χ4v) is 2.24. The van der Waals surface area contributed by atoms with Crippen molar-refractivity contribution in [1.82, 2.24) is 4.98 Å². The number of hydrogen-bond acceptors (Lipinski definition) is 3. The second kappa shape index (κ2) is 5.77. The predicted molar refractivity (Wildman–Crippen MR) is 75.8 cm³/mol. The number of rotatable bonds is 3. The van der Waals surface area contributed by atoms with Gasteiger partial charge in [0.2, 0.25) is 0 Å². The molecule has 0 saturated carbocycles. The highest BCUT2D eigenvalue weighted by molar-refractivity contribution is 9.10. The van der Waals surface area contributed by atoms with E-state index in [1.165, 1.54) is 0 Å². The zero-order chi connectivity index (χ0) is 13.8. The van der Waals surface area contributed by atoms with Gasteiger partial charge < -0.3 is 0 Å². The summed E-state index contributed by atoms with van der Waals surface area (Å²) < 4.78 is 0.866. The van der Waals surface area contributed by atoms with E-state index in [1.54, 1.807) is 36.7 Å². The first-order valence-corrected chi connectivity index (χ1v) is 6.53. The van der Waals surface area contributed by atoms with Crippen molar-refractivity contribution < 1.29 is 4.79 Å². The van der Waals surface area contributed by atoms with Crippen LogP contribution in [0, 0.1) is 18.3 Å². The lowest BCUT2D eigenvalue weighted by Gasteiger charge is -2.11. The Morgan fingerprint density at radius 3 is 2.63 bits per heavy atom. The summed E-state index contributed by atoms with van der Waals surface area (Å²) in [5.74, 6) is -0.983. The molecule has 0 N–H and O–H groups in total. The number of nitriles is 1. The lowest BCUT2D eigenvalue weighted by molar-refractivity contribution is 0.0978. The Hall–Kier alpha value is -1.99. The third kappa shape index (κ3) is 2.72. The fourth-order valence-electron chi connectivity index (χ4n) is 1.87. The van der Waals surface area contributed by atoms with E-state index in [-0.39, 0.29) is 5.78 Å². The Balaban J connectivity index is 2.43. The summed E-state index contributed by atoms with van der Waals surface area (Å²) in [4.78, 5) is 16.4. The van der Waals surface area contributed by atoms with Crippen LogP contribution in [0.5, 0.6) is 0 Å². The number of aromatic nitrogens is 1. The van der Waals surface area contributed by atoms with Gasteiger partial charge in [-0.2, -0.15) is 5.26 Å². The van der Waals surface area contributed by atoms with Gasteiger partial charge in [-0.15, -0.1) is 0 Å². The van der Waals surface area contributed by atoms with Gasteiger partial charge in [0, 0.05) is 22.4 Å². The molecule has 4 heteroatoms. The molecular formula is C15H11BrN2O. The summed E-state index contributed by atoms with van der Waals surface area (Å²) in [6.07, 6.45) is 3.17. The van der Waals surface area contributed by atoms with Crippen molar-refractivity contribution in [3.8, 4) is 6.07 Å². The van der Waals surface area contributed by atoms with Crippen LogP contribution >= 0.6 is 15.9 Å². The van der Waals surface area contributed by atoms with E-state index in [4.69, 9.17) is 0 Å². The van der Waals surface area contributed by atoms with Gasteiger partial charge in [0.05, 0.1) is 6.07 Å². The maximum atomic E-state index is 12.5. The minimum Gasteiger partial charge on any atom is -0.292 e. The normalized spacial score (nSPS) is 11.6. The number of benzene rings is 1. The third-order valence-corrected chi connectivity index (χ3v) is 3.82. The molecule has 0 aliphatic rings. The smallest absolute Gasteiger partial charge is 0.184 e. The summed E-state index contributed by atoms with van der Waals surface area (Å²) in [5.41, 5.74) is 2.08. The SMILES string of the molecule is Cc1c(Br)cccc1C(=O)C(C#N)c1ccncc1. The van der Waals surface area contributed by atoms with Gasteiger partial charge in [-0.3, -0.25) is 9.78 Å². The van der Waals surface area contributed by atoms with Crippen molar-refractivity contribution in [2.75, 3.05) is 0 Å². The van der Waals surface area contributed by atoms with E-state index in [0.29, 0.717) is 11.1 Å². The average Bonchev–Trinajstić information content (AvgIpc) is 2.44. The summed E-state index contributed by atoms with van der Waals surface area (Å²) in [6.45, 7) is 1.86. The number of halogens is 1. The van der Waals surface area contributed by atoms with E-state index in [0.717, 1.165) is 10.0 Å². The van der Waals surface area contributed by atoms with Crippen LogP contribution < -0.4 is 0 Å². The zero-order valence-electron chi connectivity index (χ0n) is 10.3. The first kappa shape index (κ1) is 13.4. The number of hydrogen-bond donors (Lipinski definition) is 0. The van der Waals surface area contributed by atoms with E-state index in [2.05, 4.69) is 27.0 Å². The van der Waals surface area contributed by atoms with Gasteiger partial charge in [-0.25, -0.2) is 0 Å². The quantitative estimate of drug-likeness (QED) is 0.813. The molecule has 0 amide bonds. The minimum atomic E-state index is -0.795. The molecule has 1 heterocycles. The Morgan fingerprint density at radius 2 is 2.00 bits per heavy atom. The maximum absolute atomic E-state index is 12.5. The number of nitrogens with zero attached hydrogens (tertiary/aromatic N) is 2. The second-order valence-electron chi connectivity index (χ2n) is 4.12. The molecule has 2 rings (SSSR count). The van der Waals surface area contributed by atoms with E-state index in [1.807, 2.05) is 13.0 Å². The second-order valence-corrected chi connectivity index (χ2v) is 4.97. The van der Waals surface area contributed by atoms with Crippen molar-refractivity contribution >= 4 is 21.7 Å². The topological polar surface area (TPSA) is 53.8 Å². The van der Waals surface area contributed by atoms with Gasteiger partial charge in [0.1, 0.15) is 5.92 Å². The zero-order valence-corrected chi connectivity index (χ0v) is 11.9. The molecule has 0 aliphatic carbocycles. The number of Topliss-reactive ketones (excluding diaryl/α,β-unsaturated/α-hetero) is 1. The van der Waals surface area contributed by atoms with Crippen molar-refractivity contribution in [3.63, 3.8) is 0 Å². The molecule has 0 radical (unpaired) electrons. The van der Waals surface area contributed by atoms with Crippen LogP contribution in [0.15, 0.2) is 47.2 Å². The maximum Gasteiger partial charge on any atom is 0.184 e. The largest absolute Gasteiger partial charge is 0.292 e. The highest BCUT2D eigenvalue weighted by Gasteiger charge is 2.23. The molecule has 0 fully saturated rings. The Kier molecular flexibility index (Phi) is 4.08. The molecule has 1 atom stereocenters. The minimum absolute atomic E-state index is 0.187. The van der Waals surface area contributed by atoms with Crippen molar-refractivity contribution in [2.24, 2.45) is 0 Å². The van der Waals surface area contributed by atoms with E-state index >= 15 is 0 Å². The lowest BCUT2D eigenvalue weighted by atomic mass is 9.90. The molecule has 19 heavy (non-hydrogen) atoms. The van der Waals surface area contributed by atoms with Gasteiger partial charge in [-0.1, -0.05) is 28.1 Å². The standard InChI is InChI=1S/C15H11BrN2O/c1-10-12(3-2-4-14(10)16)15(19)13(9-17)11-5-7-18-8-6-11/h2-8,13H,1H3. The average molecular weight is 315 g/mol. The monoisotopic (exact) mass is 314 g/mol. The van der Waals surface area contributed by atoms with Crippen LogP contribution in [0.3, 0.4) is 0 Å². The van der Waals surface area contributed by atoms with Crippen LogP contribution in [-0.4, -0.2) is 10.8 Å². The first-order chi connectivity index (χ1) is 9.15. The molecule has 1 aromatic heterocycles. The van der Waals surface area contributed by atoms with Crippen molar-refractivity contribution in [1.29, 1.82) is 5.26 Å². The number of carbonyl (C=O) groups is 1. The van der Waals surface area contributed by atoms with Gasteiger partial charge >= 0.3 is 0 Å². The van der Waals surface area contributed by atoms with Gasteiger partial charge in [-0.05, 0) is 36.2 Å². The molecule has 3 nitrogen and oxygen atoms in total. The molecular weight excluding hydrogens is 304 g/mol. The van der Waals surface area contributed by atoms with Crippen LogP contribution in [0.1, 0.15) is 27.4 Å². The number of ketones is 1. The van der Waals surface area contributed by atoms with Gasteiger partial charge in [0.15, 0.2) is 5.78 Å². The Bertz CT molecular complexity index is 647. The van der Waals surface area contributed by atoms with E-state index < -0.39 is 5.92 Å². The number of pyridine rings is 1.